The predicted molar refractivity (Wildman–Crippen MR) is 139 cm³/mol. The molecule has 2 aromatic rings. The average molecular weight is 524 g/mol. The molecular formula is C25H34ClN3O5S. The minimum absolute atomic E-state index is 0.0501. The number of benzene rings is 2. The van der Waals surface area contributed by atoms with Gasteiger partial charge in [0.15, 0.2) is 0 Å². The van der Waals surface area contributed by atoms with Gasteiger partial charge in [-0.05, 0) is 63.1 Å². The molecule has 8 nitrogen and oxygen atoms in total. The summed E-state index contributed by atoms with van der Waals surface area (Å²) in [5.74, 6) is -0.269. The first-order chi connectivity index (χ1) is 16.5. The molecule has 0 aliphatic heterocycles. The van der Waals surface area contributed by atoms with Gasteiger partial charge in [0.05, 0.1) is 18.6 Å². The summed E-state index contributed by atoms with van der Waals surface area (Å²) in [4.78, 5) is 27.8. The molecule has 0 aromatic heterocycles. The summed E-state index contributed by atoms with van der Waals surface area (Å²) in [6.07, 6.45) is 1.77. The zero-order valence-corrected chi connectivity index (χ0v) is 22.4. The molecule has 0 spiro atoms. The van der Waals surface area contributed by atoms with E-state index in [1.807, 2.05) is 20.8 Å². The number of hydrogen-bond donors (Lipinski definition) is 1. The van der Waals surface area contributed by atoms with Crippen LogP contribution in [0.15, 0.2) is 48.5 Å². The van der Waals surface area contributed by atoms with Crippen molar-refractivity contribution in [1.82, 2.24) is 10.2 Å². The summed E-state index contributed by atoms with van der Waals surface area (Å²) in [5, 5.41) is 3.34. The SMILES string of the molecule is CCOc1ccc(N(CC(=O)N(Cc2ccccc2Cl)[C@@H](C)C(=O)N[C@@H](C)CC)S(C)(=O)=O)cc1. The Morgan fingerprint density at radius 1 is 1.06 bits per heavy atom. The Kier molecular flexibility index (Phi) is 10.4. The number of halogens is 1. The van der Waals surface area contributed by atoms with E-state index in [1.54, 1.807) is 55.5 Å². The highest BCUT2D eigenvalue weighted by Crippen LogP contribution is 2.23. The van der Waals surface area contributed by atoms with E-state index < -0.39 is 28.5 Å². The van der Waals surface area contributed by atoms with Crippen molar-refractivity contribution in [2.24, 2.45) is 0 Å². The van der Waals surface area contributed by atoms with Gasteiger partial charge < -0.3 is 15.0 Å². The van der Waals surface area contributed by atoms with Gasteiger partial charge >= 0.3 is 0 Å². The summed E-state index contributed by atoms with van der Waals surface area (Å²) in [6.45, 7) is 7.34. The van der Waals surface area contributed by atoms with Crippen molar-refractivity contribution in [3.05, 3.63) is 59.1 Å². The molecule has 0 bridgehead atoms. The first-order valence-corrected chi connectivity index (χ1v) is 13.7. The third-order valence-corrected chi connectivity index (χ3v) is 7.09. The van der Waals surface area contributed by atoms with Crippen molar-refractivity contribution in [2.45, 2.75) is 52.7 Å². The number of anilines is 1. The Hall–Kier alpha value is -2.78. The Morgan fingerprint density at radius 2 is 1.69 bits per heavy atom. The van der Waals surface area contributed by atoms with Crippen molar-refractivity contribution in [3.8, 4) is 5.75 Å². The normalized spacial score (nSPS) is 13.0. The van der Waals surface area contributed by atoms with Gasteiger partial charge in [0.2, 0.25) is 21.8 Å². The number of carbonyl (C=O) groups is 2. The molecule has 0 fully saturated rings. The van der Waals surface area contributed by atoms with Gasteiger partial charge in [0.25, 0.3) is 0 Å². The number of nitrogens with zero attached hydrogens (tertiary/aromatic N) is 2. The zero-order chi connectivity index (χ0) is 26.2. The molecule has 10 heteroatoms. The lowest BCUT2D eigenvalue weighted by Gasteiger charge is -2.32. The Morgan fingerprint density at radius 3 is 2.23 bits per heavy atom. The van der Waals surface area contributed by atoms with Gasteiger partial charge in [-0.2, -0.15) is 0 Å². The van der Waals surface area contributed by atoms with Crippen LogP contribution in [0.3, 0.4) is 0 Å². The fraction of sp³-hybridized carbons (Fsp3) is 0.440. The molecule has 2 amide bonds. The second kappa shape index (κ2) is 12.8. The molecule has 2 atom stereocenters. The highest BCUT2D eigenvalue weighted by atomic mass is 35.5. The lowest BCUT2D eigenvalue weighted by atomic mass is 10.1. The molecule has 35 heavy (non-hydrogen) atoms. The van der Waals surface area contributed by atoms with E-state index in [0.717, 1.165) is 17.0 Å². The second-order valence-corrected chi connectivity index (χ2v) is 10.6. The standard InChI is InChI=1S/C25H34ClN3O5S/c1-6-18(3)27-25(31)19(4)28(16-20-10-8-9-11-23(20)26)24(30)17-29(35(5,32)33)21-12-14-22(15-13-21)34-7-2/h8-15,18-19H,6-7,16-17H2,1-5H3,(H,27,31)/t18-,19-/m0/s1. The van der Waals surface area contributed by atoms with Crippen LogP contribution < -0.4 is 14.4 Å². The largest absolute Gasteiger partial charge is 0.494 e. The van der Waals surface area contributed by atoms with E-state index in [0.29, 0.717) is 28.6 Å². The van der Waals surface area contributed by atoms with Gasteiger partial charge in [0.1, 0.15) is 18.3 Å². The van der Waals surface area contributed by atoms with Crippen LogP contribution in [0.4, 0.5) is 5.69 Å². The first-order valence-electron chi connectivity index (χ1n) is 11.5. The molecule has 192 valence electrons. The monoisotopic (exact) mass is 523 g/mol. The smallest absolute Gasteiger partial charge is 0.244 e. The van der Waals surface area contributed by atoms with Crippen LogP contribution >= 0.6 is 11.6 Å². The number of rotatable bonds is 12. The molecule has 0 aliphatic rings. The number of ether oxygens (including phenoxy) is 1. The number of nitrogens with one attached hydrogen (secondary N) is 1. The topological polar surface area (TPSA) is 96.0 Å². The van der Waals surface area contributed by atoms with Gasteiger partial charge in [-0.15, -0.1) is 0 Å². The Balaban J connectivity index is 2.38. The maximum absolute atomic E-state index is 13.5. The van der Waals surface area contributed by atoms with Crippen LogP contribution in [0, 0.1) is 0 Å². The lowest BCUT2D eigenvalue weighted by molar-refractivity contribution is -0.139. The number of carbonyl (C=O) groups excluding carboxylic acids is 2. The molecule has 1 N–H and O–H groups in total. The summed E-state index contributed by atoms with van der Waals surface area (Å²) >= 11 is 6.32. The summed E-state index contributed by atoms with van der Waals surface area (Å²) in [7, 11) is -3.80. The van der Waals surface area contributed by atoms with Gasteiger partial charge in [-0.25, -0.2) is 8.42 Å². The van der Waals surface area contributed by atoms with Crippen molar-refractivity contribution >= 4 is 39.1 Å². The third-order valence-electron chi connectivity index (χ3n) is 5.58. The van der Waals surface area contributed by atoms with Crippen molar-refractivity contribution in [3.63, 3.8) is 0 Å². The minimum atomic E-state index is -3.80. The average Bonchev–Trinajstić information content (AvgIpc) is 2.81. The van der Waals surface area contributed by atoms with Crippen LogP contribution in [0.5, 0.6) is 5.75 Å². The highest BCUT2D eigenvalue weighted by Gasteiger charge is 2.30. The fourth-order valence-corrected chi connectivity index (χ4v) is 4.39. The maximum atomic E-state index is 13.5. The lowest BCUT2D eigenvalue weighted by Crippen LogP contribution is -2.52. The van der Waals surface area contributed by atoms with Crippen LogP contribution in [0.2, 0.25) is 5.02 Å². The summed E-state index contributed by atoms with van der Waals surface area (Å²) < 4.78 is 31.7. The van der Waals surface area contributed by atoms with Crippen LogP contribution in [0.1, 0.15) is 39.7 Å². The van der Waals surface area contributed by atoms with E-state index >= 15 is 0 Å². The van der Waals surface area contributed by atoms with Crippen molar-refractivity contribution < 1.29 is 22.7 Å². The molecule has 0 saturated carbocycles. The van der Waals surface area contributed by atoms with Crippen LogP contribution in [-0.2, 0) is 26.2 Å². The van der Waals surface area contributed by atoms with E-state index in [4.69, 9.17) is 16.3 Å². The fourth-order valence-electron chi connectivity index (χ4n) is 3.35. The first kappa shape index (κ1) is 28.5. The van der Waals surface area contributed by atoms with E-state index in [-0.39, 0.29) is 18.5 Å². The van der Waals surface area contributed by atoms with Crippen molar-refractivity contribution in [2.75, 3.05) is 23.7 Å². The molecule has 0 radical (unpaired) electrons. The summed E-state index contributed by atoms with van der Waals surface area (Å²) in [6, 6.07) is 12.6. The van der Waals surface area contributed by atoms with Gasteiger partial charge in [-0.3, -0.25) is 13.9 Å². The quantitative estimate of drug-likeness (QED) is 0.456. The van der Waals surface area contributed by atoms with E-state index in [9.17, 15) is 18.0 Å². The second-order valence-electron chi connectivity index (χ2n) is 8.30. The molecule has 2 aromatic carbocycles. The Labute approximate surface area is 213 Å². The maximum Gasteiger partial charge on any atom is 0.244 e. The van der Waals surface area contributed by atoms with Crippen LogP contribution in [-0.4, -0.2) is 56.6 Å². The highest BCUT2D eigenvalue weighted by molar-refractivity contribution is 7.92. The third kappa shape index (κ3) is 8.14. The molecule has 0 heterocycles. The number of amides is 2. The van der Waals surface area contributed by atoms with E-state index in [2.05, 4.69) is 5.32 Å². The molecule has 0 aliphatic carbocycles. The minimum Gasteiger partial charge on any atom is -0.494 e. The molecular weight excluding hydrogens is 490 g/mol. The molecule has 2 rings (SSSR count). The van der Waals surface area contributed by atoms with Crippen molar-refractivity contribution in [1.29, 1.82) is 0 Å². The molecule has 0 unspecified atom stereocenters. The Bertz CT molecular complexity index is 1110. The van der Waals surface area contributed by atoms with E-state index in [1.165, 1.54) is 4.90 Å². The predicted octanol–water partition coefficient (Wildman–Crippen LogP) is 3.84. The summed E-state index contributed by atoms with van der Waals surface area (Å²) in [5.41, 5.74) is 0.969. The van der Waals surface area contributed by atoms with Gasteiger partial charge in [-0.1, -0.05) is 36.7 Å². The number of hydrogen-bond acceptors (Lipinski definition) is 5. The zero-order valence-electron chi connectivity index (χ0n) is 20.8. The molecule has 0 saturated heterocycles. The number of sulfonamides is 1. The van der Waals surface area contributed by atoms with Gasteiger partial charge in [0, 0.05) is 17.6 Å². The van der Waals surface area contributed by atoms with Crippen LogP contribution in [0.25, 0.3) is 0 Å².